The first-order chi connectivity index (χ1) is 10.0. The number of ether oxygens (including phenoxy) is 1. The Kier molecular flexibility index (Phi) is 8.87. The number of benzene rings is 1. The van der Waals surface area contributed by atoms with Gasteiger partial charge in [0.2, 0.25) is 0 Å². The standard InChI is InChI=1S/C15H25N3O.C2H6.FH/c1-11-9-13(16)15(19-4)10-14(11)18-7-5-12(6-8-18)17(2)3;1-2;/h9-10,12H,5-8,16H2,1-4H3;1-2H3;1H. The van der Waals surface area contributed by atoms with Crippen molar-refractivity contribution in [3.05, 3.63) is 17.7 Å². The molecule has 0 saturated carbocycles. The number of piperidine rings is 1. The van der Waals surface area contributed by atoms with Crippen molar-refractivity contribution < 1.29 is 9.44 Å². The van der Waals surface area contributed by atoms with Crippen LogP contribution in [-0.2, 0) is 0 Å². The average molecular weight is 313 g/mol. The van der Waals surface area contributed by atoms with Crippen LogP contribution in [0.1, 0.15) is 32.3 Å². The van der Waals surface area contributed by atoms with Crippen molar-refractivity contribution in [2.24, 2.45) is 0 Å². The van der Waals surface area contributed by atoms with Gasteiger partial charge in [-0.25, -0.2) is 0 Å². The molecular formula is C17H32FN3O. The molecule has 0 bridgehead atoms. The fourth-order valence-electron chi connectivity index (χ4n) is 2.84. The molecule has 128 valence electrons. The number of nitrogens with two attached hydrogens (primary N) is 1. The fourth-order valence-corrected chi connectivity index (χ4v) is 2.84. The fraction of sp³-hybridized carbons (Fsp3) is 0.647. The third kappa shape index (κ3) is 4.77. The average Bonchev–Trinajstić information content (AvgIpc) is 2.49. The van der Waals surface area contributed by atoms with E-state index in [1.807, 2.05) is 19.9 Å². The maximum absolute atomic E-state index is 5.94. The van der Waals surface area contributed by atoms with Crippen LogP contribution in [0, 0.1) is 6.92 Å². The number of methoxy groups -OCH3 is 1. The molecule has 1 aromatic carbocycles. The van der Waals surface area contributed by atoms with Crippen molar-refractivity contribution in [1.82, 2.24) is 4.90 Å². The summed E-state index contributed by atoms with van der Waals surface area (Å²) < 4.78 is 5.33. The van der Waals surface area contributed by atoms with E-state index in [1.54, 1.807) is 7.11 Å². The molecule has 0 spiro atoms. The van der Waals surface area contributed by atoms with Crippen LogP contribution >= 0.6 is 0 Å². The van der Waals surface area contributed by atoms with Gasteiger partial charge in [-0.1, -0.05) is 13.8 Å². The number of halogens is 1. The van der Waals surface area contributed by atoms with E-state index in [2.05, 4.69) is 36.9 Å². The highest BCUT2D eigenvalue weighted by atomic mass is 19.0. The number of rotatable bonds is 3. The second-order valence-electron chi connectivity index (χ2n) is 5.56. The molecule has 0 atom stereocenters. The summed E-state index contributed by atoms with van der Waals surface area (Å²) in [6, 6.07) is 4.78. The molecule has 4 nitrogen and oxygen atoms in total. The largest absolute Gasteiger partial charge is 0.495 e. The van der Waals surface area contributed by atoms with E-state index in [-0.39, 0.29) is 4.70 Å². The van der Waals surface area contributed by atoms with Gasteiger partial charge in [0.25, 0.3) is 0 Å². The van der Waals surface area contributed by atoms with Gasteiger partial charge < -0.3 is 20.3 Å². The molecule has 0 unspecified atom stereocenters. The van der Waals surface area contributed by atoms with Crippen molar-refractivity contribution in [3.8, 4) is 5.75 Å². The Bertz CT molecular complexity index is 444. The van der Waals surface area contributed by atoms with E-state index >= 15 is 0 Å². The minimum absolute atomic E-state index is 0. The topological polar surface area (TPSA) is 41.7 Å². The zero-order valence-corrected chi connectivity index (χ0v) is 14.8. The monoisotopic (exact) mass is 313 g/mol. The first-order valence-electron chi connectivity index (χ1n) is 7.88. The molecule has 2 N–H and O–H groups in total. The first-order valence-corrected chi connectivity index (χ1v) is 7.88. The molecule has 1 aliphatic heterocycles. The van der Waals surface area contributed by atoms with Gasteiger partial charge in [0, 0.05) is 30.9 Å². The Morgan fingerprint density at radius 3 is 2.18 bits per heavy atom. The highest BCUT2D eigenvalue weighted by Gasteiger charge is 2.22. The highest BCUT2D eigenvalue weighted by molar-refractivity contribution is 5.66. The van der Waals surface area contributed by atoms with Gasteiger partial charge in [0.05, 0.1) is 12.8 Å². The molecule has 0 amide bonds. The van der Waals surface area contributed by atoms with Gasteiger partial charge >= 0.3 is 0 Å². The normalized spacial score (nSPS) is 15.0. The summed E-state index contributed by atoms with van der Waals surface area (Å²) in [6.07, 6.45) is 2.41. The predicted molar refractivity (Wildman–Crippen MR) is 94.9 cm³/mol. The number of hydrogen-bond acceptors (Lipinski definition) is 4. The van der Waals surface area contributed by atoms with Gasteiger partial charge in [-0.15, -0.1) is 0 Å². The van der Waals surface area contributed by atoms with Crippen LogP contribution in [0.4, 0.5) is 16.1 Å². The van der Waals surface area contributed by atoms with Gasteiger partial charge in [-0.05, 0) is 45.5 Å². The summed E-state index contributed by atoms with van der Waals surface area (Å²) >= 11 is 0. The summed E-state index contributed by atoms with van der Waals surface area (Å²) in [5, 5.41) is 0. The number of nitrogens with zero attached hydrogens (tertiary/aromatic N) is 2. The minimum atomic E-state index is 0. The maximum atomic E-state index is 5.94. The molecule has 5 heteroatoms. The van der Waals surface area contributed by atoms with Crippen LogP contribution in [0.5, 0.6) is 5.75 Å². The Morgan fingerprint density at radius 1 is 1.18 bits per heavy atom. The van der Waals surface area contributed by atoms with Crippen LogP contribution in [0.15, 0.2) is 12.1 Å². The second kappa shape index (κ2) is 9.51. The number of nitrogen functional groups attached to an aromatic ring is 1. The molecule has 0 aromatic heterocycles. The minimum Gasteiger partial charge on any atom is -0.495 e. The van der Waals surface area contributed by atoms with Crippen LogP contribution in [0.2, 0.25) is 0 Å². The summed E-state index contributed by atoms with van der Waals surface area (Å²) in [4.78, 5) is 4.77. The summed E-state index contributed by atoms with van der Waals surface area (Å²) in [5.74, 6) is 0.773. The summed E-state index contributed by atoms with van der Waals surface area (Å²) in [6.45, 7) is 8.30. The van der Waals surface area contributed by atoms with Gasteiger partial charge in [-0.3, -0.25) is 4.70 Å². The molecule has 0 aliphatic carbocycles. The van der Waals surface area contributed by atoms with E-state index < -0.39 is 0 Å². The molecule has 1 aromatic rings. The van der Waals surface area contributed by atoms with Crippen molar-refractivity contribution in [2.45, 2.75) is 39.7 Å². The molecule has 22 heavy (non-hydrogen) atoms. The van der Waals surface area contributed by atoms with Gasteiger partial charge in [0.1, 0.15) is 5.75 Å². The van der Waals surface area contributed by atoms with Crippen LogP contribution in [0.3, 0.4) is 0 Å². The number of aryl methyl sites for hydroxylation is 1. The van der Waals surface area contributed by atoms with Crippen LogP contribution in [-0.4, -0.2) is 45.2 Å². The van der Waals surface area contributed by atoms with E-state index in [0.29, 0.717) is 11.7 Å². The van der Waals surface area contributed by atoms with Crippen LogP contribution < -0.4 is 15.4 Å². The summed E-state index contributed by atoms with van der Waals surface area (Å²) in [5.41, 5.74) is 9.13. The zero-order valence-electron chi connectivity index (χ0n) is 14.8. The van der Waals surface area contributed by atoms with E-state index in [9.17, 15) is 0 Å². The predicted octanol–water partition coefficient (Wildman–Crippen LogP) is 3.29. The van der Waals surface area contributed by atoms with Gasteiger partial charge in [-0.2, -0.15) is 0 Å². The van der Waals surface area contributed by atoms with E-state index in [0.717, 1.165) is 18.8 Å². The molecular weight excluding hydrogens is 281 g/mol. The number of anilines is 2. The Balaban J connectivity index is 0.00000141. The number of hydrogen-bond donors (Lipinski definition) is 1. The lowest BCUT2D eigenvalue weighted by molar-refractivity contribution is 0.249. The van der Waals surface area contributed by atoms with Crippen LogP contribution in [0.25, 0.3) is 0 Å². The smallest absolute Gasteiger partial charge is 0.143 e. The van der Waals surface area contributed by atoms with Crippen molar-refractivity contribution in [1.29, 1.82) is 0 Å². The van der Waals surface area contributed by atoms with Gasteiger partial charge in [0.15, 0.2) is 0 Å². The van der Waals surface area contributed by atoms with Crippen molar-refractivity contribution in [3.63, 3.8) is 0 Å². The molecule has 1 heterocycles. The SMILES string of the molecule is CC.COc1cc(N2CCC(N(C)C)CC2)c(C)cc1N.F. The Morgan fingerprint density at radius 2 is 1.73 bits per heavy atom. The quantitative estimate of drug-likeness (QED) is 0.870. The Labute approximate surface area is 134 Å². The highest BCUT2D eigenvalue weighted by Crippen LogP contribution is 2.32. The van der Waals surface area contributed by atoms with Crippen molar-refractivity contribution >= 4 is 11.4 Å². The maximum Gasteiger partial charge on any atom is 0.143 e. The molecule has 0 radical (unpaired) electrons. The third-order valence-corrected chi connectivity index (χ3v) is 4.08. The lowest BCUT2D eigenvalue weighted by Gasteiger charge is -2.37. The Hall–Kier alpha value is -1.49. The van der Waals surface area contributed by atoms with Crippen molar-refractivity contribution in [2.75, 3.05) is 44.9 Å². The zero-order chi connectivity index (χ0) is 16.0. The van der Waals surface area contributed by atoms with E-state index in [4.69, 9.17) is 10.5 Å². The molecule has 1 saturated heterocycles. The lowest BCUT2D eigenvalue weighted by Crippen LogP contribution is -2.42. The second-order valence-corrected chi connectivity index (χ2v) is 5.56. The molecule has 2 rings (SSSR count). The third-order valence-electron chi connectivity index (χ3n) is 4.08. The van der Waals surface area contributed by atoms with E-state index in [1.165, 1.54) is 24.1 Å². The summed E-state index contributed by atoms with van der Waals surface area (Å²) in [7, 11) is 6.00. The molecule has 1 fully saturated rings. The molecule has 1 aliphatic rings. The first kappa shape index (κ1) is 20.5. The lowest BCUT2D eigenvalue weighted by atomic mass is 10.0.